The second-order valence-electron chi connectivity index (χ2n) is 6.98. The molecule has 1 aromatic carbocycles. The highest BCUT2D eigenvalue weighted by molar-refractivity contribution is 7.15. The Balaban J connectivity index is 1.98. The number of nitrogens with one attached hydrogen (secondary N) is 2. The Hall–Kier alpha value is -1.63. The second kappa shape index (κ2) is 8.37. The summed E-state index contributed by atoms with van der Waals surface area (Å²) < 4.78 is 0. The Morgan fingerprint density at radius 1 is 1.27 bits per heavy atom. The first kappa shape index (κ1) is 20.7. The fourth-order valence-electron chi connectivity index (χ4n) is 2.01. The summed E-state index contributed by atoms with van der Waals surface area (Å²) >= 11 is 13.5. The van der Waals surface area contributed by atoms with Crippen LogP contribution in [0.4, 0.5) is 5.13 Å². The Labute approximate surface area is 167 Å². The van der Waals surface area contributed by atoms with Crippen molar-refractivity contribution in [1.82, 2.24) is 10.3 Å². The number of halogens is 2. The summed E-state index contributed by atoms with van der Waals surface area (Å²) in [6.07, 6.45) is 2.26. The highest BCUT2D eigenvalue weighted by atomic mass is 35.5. The summed E-state index contributed by atoms with van der Waals surface area (Å²) in [7, 11) is 0. The van der Waals surface area contributed by atoms with E-state index in [-0.39, 0.29) is 11.8 Å². The molecule has 0 saturated heterocycles. The summed E-state index contributed by atoms with van der Waals surface area (Å²) in [6.45, 7) is 7.02. The molecule has 2 amide bonds. The van der Waals surface area contributed by atoms with E-state index in [2.05, 4.69) is 15.6 Å². The van der Waals surface area contributed by atoms with Crippen LogP contribution in [0.25, 0.3) is 0 Å². The molecule has 0 spiro atoms. The number of hydrogen-bond acceptors (Lipinski definition) is 4. The van der Waals surface area contributed by atoms with Gasteiger partial charge in [-0.3, -0.25) is 9.59 Å². The third-order valence-corrected chi connectivity index (χ3v) is 5.09. The van der Waals surface area contributed by atoms with Crippen LogP contribution in [0.15, 0.2) is 24.4 Å². The number of benzene rings is 1. The Kier molecular flexibility index (Phi) is 6.66. The van der Waals surface area contributed by atoms with Crippen molar-refractivity contribution >= 4 is 51.5 Å². The molecular formula is C18H21Cl2N3O2S. The topological polar surface area (TPSA) is 71.1 Å². The molecule has 1 aromatic heterocycles. The van der Waals surface area contributed by atoms with Gasteiger partial charge in [0, 0.05) is 33.0 Å². The molecule has 0 fully saturated rings. The van der Waals surface area contributed by atoms with Crippen LogP contribution in [0, 0.1) is 5.41 Å². The van der Waals surface area contributed by atoms with Gasteiger partial charge in [-0.1, -0.05) is 44.0 Å². The Morgan fingerprint density at radius 3 is 2.62 bits per heavy atom. The molecule has 0 radical (unpaired) electrons. The monoisotopic (exact) mass is 413 g/mol. The van der Waals surface area contributed by atoms with E-state index in [0.717, 1.165) is 10.4 Å². The zero-order valence-corrected chi connectivity index (χ0v) is 17.4. The highest BCUT2D eigenvalue weighted by Crippen LogP contribution is 2.27. The van der Waals surface area contributed by atoms with Crippen molar-refractivity contribution in [2.45, 2.75) is 40.2 Å². The molecule has 2 rings (SSSR count). The van der Waals surface area contributed by atoms with Gasteiger partial charge < -0.3 is 10.6 Å². The van der Waals surface area contributed by atoms with E-state index in [1.807, 2.05) is 6.07 Å². The predicted octanol–water partition coefficient (Wildman–Crippen LogP) is 4.53. The average molecular weight is 414 g/mol. The molecule has 0 saturated carbocycles. The quantitative estimate of drug-likeness (QED) is 0.755. The number of aromatic nitrogens is 1. The number of thiazole rings is 1. The maximum absolute atomic E-state index is 12.2. The van der Waals surface area contributed by atoms with Gasteiger partial charge in [0.15, 0.2) is 5.13 Å². The summed E-state index contributed by atoms with van der Waals surface area (Å²) in [6, 6.07) is 4.64. The number of rotatable bonds is 5. The van der Waals surface area contributed by atoms with Crippen molar-refractivity contribution in [2.24, 2.45) is 5.41 Å². The van der Waals surface area contributed by atoms with E-state index < -0.39 is 11.5 Å². The van der Waals surface area contributed by atoms with E-state index in [9.17, 15) is 9.59 Å². The predicted molar refractivity (Wildman–Crippen MR) is 107 cm³/mol. The van der Waals surface area contributed by atoms with Crippen LogP contribution in [0.3, 0.4) is 0 Å². The van der Waals surface area contributed by atoms with Gasteiger partial charge >= 0.3 is 0 Å². The lowest BCUT2D eigenvalue weighted by Crippen LogP contribution is -2.46. The fourth-order valence-corrected chi connectivity index (χ4v) is 3.22. The molecule has 0 bridgehead atoms. The third kappa shape index (κ3) is 5.69. The number of amides is 2. The lowest BCUT2D eigenvalue weighted by Gasteiger charge is -2.21. The van der Waals surface area contributed by atoms with Gasteiger partial charge in [-0.2, -0.15) is 0 Å². The van der Waals surface area contributed by atoms with Gasteiger partial charge in [0.1, 0.15) is 6.04 Å². The molecule has 1 unspecified atom stereocenters. The molecule has 1 atom stereocenters. The van der Waals surface area contributed by atoms with Crippen molar-refractivity contribution in [3.63, 3.8) is 0 Å². The Bertz CT molecular complexity index is 815. The van der Waals surface area contributed by atoms with Crippen LogP contribution in [0.2, 0.25) is 10.0 Å². The van der Waals surface area contributed by atoms with Gasteiger partial charge in [-0.25, -0.2) is 4.98 Å². The average Bonchev–Trinajstić information content (AvgIpc) is 2.97. The van der Waals surface area contributed by atoms with Crippen LogP contribution >= 0.6 is 34.5 Å². The molecule has 140 valence electrons. The summed E-state index contributed by atoms with van der Waals surface area (Å²) in [5.41, 5.74) is 0.338. The van der Waals surface area contributed by atoms with Crippen LogP contribution in [0.5, 0.6) is 0 Å². The fraction of sp³-hybridized carbons (Fsp3) is 0.389. The van der Waals surface area contributed by atoms with Crippen LogP contribution in [0.1, 0.15) is 38.1 Å². The first-order valence-electron chi connectivity index (χ1n) is 8.06. The van der Waals surface area contributed by atoms with Gasteiger partial charge in [0.25, 0.3) is 0 Å². The molecule has 8 heteroatoms. The molecule has 26 heavy (non-hydrogen) atoms. The van der Waals surface area contributed by atoms with Gasteiger partial charge in [-0.15, -0.1) is 11.3 Å². The zero-order chi connectivity index (χ0) is 19.5. The number of carbonyl (C=O) groups is 2. The molecule has 0 aliphatic rings. The van der Waals surface area contributed by atoms with Crippen LogP contribution in [-0.4, -0.2) is 22.8 Å². The van der Waals surface area contributed by atoms with Gasteiger partial charge in [-0.05, 0) is 30.7 Å². The minimum Gasteiger partial charge on any atom is -0.344 e. The summed E-state index contributed by atoms with van der Waals surface area (Å²) in [5.74, 6) is -0.500. The van der Waals surface area contributed by atoms with E-state index in [1.54, 1.807) is 46.0 Å². The van der Waals surface area contributed by atoms with Crippen molar-refractivity contribution in [3.05, 3.63) is 44.9 Å². The van der Waals surface area contributed by atoms with Crippen molar-refractivity contribution in [1.29, 1.82) is 0 Å². The van der Waals surface area contributed by atoms with E-state index in [4.69, 9.17) is 23.2 Å². The molecule has 5 nitrogen and oxygen atoms in total. The number of carbonyl (C=O) groups excluding carboxylic acids is 2. The minimum atomic E-state index is -0.656. The molecule has 1 heterocycles. The van der Waals surface area contributed by atoms with E-state index in [1.165, 1.54) is 11.3 Å². The first-order chi connectivity index (χ1) is 12.1. The molecule has 2 N–H and O–H groups in total. The van der Waals surface area contributed by atoms with Crippen LogP contribution < -0.4 is 10.6 Å². The molecular weight excluding hydrogens is 393 g/mol. The smallest absolute Gasteiger partial charge is 0.248 e. The van der Waals surface area contributed by atoms with E-state index >= 15 is 0 Å². The van der Waals surface area contributed by atoms with Crippen molar-refractivity contribution in [2.75, 3.05) is 5.32 Å². The van der Waals surface area contributed by atoms with Crippen molar-refractivity contribution < 1.29 is 9.59 Å². The summed E-state index contributed by atoms with van der Waals surface area (Å²) in [5, 5.41) is 7.14. The largest absolute Gasteiger partial charge is 0.344 e. The third-order valence-electron chi connectivity index (χ3n) is 3.58. The van der Waals surface area contributed by atoms with Crippen molar-refractivity contribution in [3.8, 4) is 0 Å². The van der Waals surface area contributed by atoms with Gasteiger partial charge in [0.05, 0.1) is 0 Å². The zero-order valence-electron chi connectivity index (χ0n) is 15.0. The van der Waals surface area contributed by atoms with Gasteiger partial charge in [0.2, 0.25) is 11.8 Å². The maximum atomic E-state index is 12.2. The second-order valence-corrected chi connectivity index (χ2v) is 8.94. The number of anilines is 1. The number of hydrogen-bond donors (Lipinski definition) is 2. The lowest BCUT2D eigenvalue weighted by molar-refractivity contribution is -0.131. The number of nitrogens with zero attached hydrogens (tertiary/aromatic N) is 1. The molecule has 0 aliphatic carbocycles. The molecule has 0 aliphatic heterocycles. The van der Waals surface area contributed by atoms with E-state index in [0.29, 0.717) is 21.6 Å². The first-order valence-corrected chi connectivity index (χ1v) is 9.64. The maximum Gasteiger partial charge on any atom is 0.248 e. The van der Waals surface area contributed by atoms with Crippen LogP contribution in [-0.2, 0) is 16.0 Å². The standard InChI is InChI=1S/C18H21Cl2N3O2S/c1-10(22-16(25)18(2,3)4)15(24)23-17-21-9-13(26-17)8-11-7-12(19)5-6-14(11)20/h5-7,9-10H,8H2,1-4H3,(H,22,25)(H,21,23,24). The SMILES string of the molecule is CC(NC(=O)C(C)(C)C)C(=O)Nc1ncc(Cc2cc(Cl)ccc2Cl)s1. The highest BCUT2D eigenvalue weighted by Gasteiger charge is 2.25. The normalized spacial score (nSPS) is 12.5. The summed E-state index contributed by atoms with van der Waals surface area (Å²) in [4.78, 5) is 29.4. The Morgan fingerprint density at radius 2 is 1.96 bits per heavy atom. The minimum absolute atomic E-state index is 0.185. The molecule has 2 aromatic rings. The lowest BCUT2D eigenvalue weighted by atomic mass is 9.95.